The number of amides is 3. The quantitative estimate of drug-likeness (QED) is 0.249. The van der Waals surface area contributed by atoms with Gasteiger partial charge >= 0.3 is 6.09 Å². The molecule has 216 valence electrons. The second-order valence-electron chi connectivity index (χ2n) is 11.5. The summed E-state index contributed by atoms with van der Waals surface area (Å²) in [6.07, 6.45) is 5.74. The molecule has 3 atom stereocenters. The minimum Gasteiger partial charge on any atom is -0.444 e. The molecule has 3 unspecified atom stereocenters. The fraction of sp³-hybridized carbons (Fsp3) is 0.710. The summed E-state index contributed by atoms with van der Waals surface area (Å²) in [7, 11) is 0. The average Bonchev–Trinajstić information content (AvgIpc) is 2.84. The molecule has 7 heteroatoms. The first-order chi connectivity index (χ1) is 17.9. The Labute approximate surface area is 231 Å². The van der Waals surface area contributed by atoms with E-state index in [-0.39, 0.29) is 17.7 Å². The van der Waals surface area contributed by atoms with Crippen LogP contribution >= 0.6 is 0 Å². The van der Waals surface area contributed by atoms with Gasteiger partial charge in [-0.05, 0) is 64.5 Å². The first-order valence-corrected chi connectivity index (χ1v) is 14.5. The Balaban J connectivity index is 3.53. The highest BCUT2D eigenvalue weighted by Gasteiger charge is 2.38. The van der Waals surface area contributed by atoms with Gasteiger partial charge in [0.05, 0.1) is 0 Å². The Hall–Kier alpha value is -2.57. The summed E-state index contributed by atoms with van der Waals surface area (Å²) in [5, 5.41) is 5.94. The zero-order chi connectivity index (χ0) is 28.9. The maximum absolute atomic E-state index is 14.3. The van der Waals surface area contributed by atoms with Crippen LogP contribution in [0.2, 0.25) is 0 Å². The van der Waals surface area contributed by atoms with Crippen molar-refractivity contribution >= 4 is 17.9 Å². The predicted octanol–water partition coefficient (Wildman–Crippen LogP) is 6.61. The zero-order valence-corrected chi connectivity index (χ0v) is 25.4. The summed E-state index contributed by atoms with van der Waals surface area (Å²) in [4.78, 5) is 42.6. The summed E-state index contributed by atoms with van der Waals surface area (Å²) < 4.78 is 5.49. The molecule has 0 aromatic heterocycles. The van der Waals surface area contributed by atoms with Crippen LogP contribution in [-0.2, 0) is 14.3 Å². The van der Waals surface area contributed by atoms with E-state index in [9.17, 15) is 14.4 Å². The fourth-order valence-corrected chi connectivity index (χ4v) is 4.38. The molecule has 7 nitrogen and oxygen atoms in total. The first-order valence-electron chi connectivity index (χ1n) is 14.5. The lowest BCUT2D eigenvalue weighted by molar-refractivity contribution is -0.143. The summed E-state index contributed by atoms with van der Waals surface area (Å²) in [5.41, 5.74) is 2.12. The maximum Gasteiger partial charge on any atom is 0.408 e. The lowest BCUT2D eigenvalue weighted by atomic mass is 9.93. The smallest absolute Gasteiger partial charge is 0.408 e. The Morgan fingerprint density at radius 1 is 0.974 bits per heavy atom. The average molecular weight is 532 g/mol. The molecule has 0 saturated carbocycles. The third-order valence-corrected chi connectivity index (χ3v) is 6.81. The molecule has 0 aliphatic heterocycles. The van der Waals surface area contributed by atoms with Gasteiger partial charge in [0.2, 0.25) is 11.8 Å². The SMILES string of the molecule is CCCCCNC(=O)C(c1cc(C)ccc1C)N(CCCCC)C(=O)C(NC(=O)OC(C)(C)C)C(C)CC. The van der Waals surface area contributed by atoms with Crippen LogP contribution in [0.15, 0.2) is 18.2 Å². The van der Waals surface area contributed by atoms with Crippen molar-refractivity contribution < 1.29 is 19.1 Å². The van der Waals surface area contributed by atoms with Gasteiger partial charge in [-0.15, -0.1) is 0 Å². The first kappa shape index (κ1) is 33.5. The van der Waals surface area contributed by atoms with Crippen molar-refractivity contribution in [3.8, 4) is 0 Å². The third kappa shape index (κ3) is 11.0. The van der Waals surface area contributed by atoms with E-state index in [2.05, 4.69) is 24.5 Å². The molecule has 0 aliphatic carbocycles. The number of aryl methyl sites for hydroxylation is 2. The largest absolute Gasteiger partial charge is 0.444 e. The summed E-state index contributed by atoms with van der Waals surface area (Å²) in [6.45, 7) is 18.5. The van der Waals surface area contributed by atoms with E-state index in [1.807, 2.05) is 45.9 Å². The Morgan fingerprint density at radius 3 is 2.18 bits per heavy atom. The number of hydrogen-bond acceptors (Lipinski definition) is 4. The fourth-order valence-electron chi connectivity index (χ4n) is 4.38. The van der Waals surface area contributed by atoms with Gasteiger partial charge in [-0.1, -0.05) is 83.6 Å². The number of carbonyl (C=O) groups is 3. The molecular formula is C31H53N3O4. The van der Waals surface area contributed by atoms with Crippen molar-refractivity contribution in [3.63, 3.8) is 0 Å². The molecule has 0 aliphatic rings. The van der Waals surface area contributed by atoms with Crippen LogP contribution in [-0.4, -0.2) is 47.5 Å². The standard InChI is InChI=1S/C31H53N3O4/c1-10-13-15-19-32-28(35)27(25-21-22(4)17-18-24(25)6)34(20-16-14-11-2)29(36)26(23(5)12-3)33-30(37)38-31(7,8)9/h17-18,21,23,26-27H,10-16,19-20H2,1-9H3,(H,32,35)(H,33,37). The van der Waals surface area contributed by atoms with Crippen molar-refractivity contribution in [2.45, 2.75) is 125 Å². The van der Waals surface area contributed by atoms with E-state index in [4.69, 9.17) is 4.74 Å². The maximum atomic E-state index is 14.3. The monoisotopic (exact) mass is 531 g/mol. The van der Waals surface area contributed by atoms with Crippen LogP contribution in [0.5, 0.6) is 0 Å². The molecule has 0 spiro atoms. The van der Waals surface area contributed by atoms with Gasteiger partial charge in [0, 0.05) is 13.1 Å². The van der Waals surface area contributed by atoms with E-state index in [0.717, 1.165) is 55.2 Å². The van der Waals surface area contributed by atoms with Crippen LogP contribution in [0.25, 0.3) is 0 Å². The van der Waals surface area contributed by atoms with E-state index < -0.39 is 23.8 Å². The summed E-state index contributed by atoms with van der Waals surface area (Å²) >= 11 is 0. The number of alkyl carbamates (subject to hydrolysis) is 1. The second kappa shape index (κ2) is 16.4. The van der Waals surface area contributed by atoms with E-state index >= 15 is 0 Å². The number of unbranched alkanes of at least 4 members (excludes halogenated alkanes) is 4. The Bertz CT molecular complexity index is 894. The molecule has 3 amide bonds. The summed E-state index contributed by atoms with van der Waals surface area (Å²) in [6, 6.07) is 4.43. The van der Waals surface area contributed by atoms with Gasteiger partial charge in [-0.3, -0.25) is 9.59 Å². The van der Waals surface area contributed by atoms with Gasteiger partial charge in [0.25, 0.3) is 0 Å². The lowest BCUT2D eigenvalue weighted by Crippen LogP contribution is -2.55. The molecule has 0 radical (unpaired) electrons. The number of nitrogens with one attached hydrogen (secondary N) is 2. The van der Waals surface area contributed by atoms with Crippen molar-refractivity contribution in [3.05, 3.63) is 34.9 Å². The normalized spacial score (nSPS) is 13.8. The van der Waals surface area contributed by atoms with Crippen molar-refractivity contribution in [1.29, 1.82) is 0 Å². The molecule has 1 aromatic carbocycles. The van der Waals surface area contributed by atoms with Gasteiger partial charge in [-0.25, -0.2) is 4.79 Å². The predicted molar refractivity (Wildman–Crippen MR) is 155 cm³/mol. The molecule has 0 saturated heterocycles. The number of hydrogen-bond donors (Lipinski definition) is 2. The van der Waals surface area contributed by atoms with Gasteiger partial charge in [0.1, 0.15) is 17.7 Å². The minimum absolute atomic E-state index is 0.143. The van der Waals surface area contributed by atoms with Crippen LogP contribution < -0.4 is 10.6 Å². The number of nitrogens with zero attached hydrogens (tertiary/aromatic N) is 1. The molecule has 2 N–H and O–H groups in total. The molecule has 1 aromatic rings. The molecule has 0 heterocycles. The second-order valence-corrected chi connectivity index (χ2v) is 11.5. The van der Waals surface area contributed by atoms with Crippen molar-refractivity contribution in [1.82, 2.24) is 15.5 Å². The van der Waals surface area contributed by atoms with E-state index in [1.54, 1.807) is 25.7 Å². The van der Waals surface area contributed by atoms with E-state index in [0.29, 0.717) is 19.5 Å². The highest BCUT2D eigenvalue weighted by Crippen LogP contribution is 2.28. The lowest BCUT2D eigenvalue weighted by Gasteiger charge is -2.36. The highest BCUT2D eigenvalue weighted by molar-refractivity contribution is 5.92. The number of ether oxygens (including phenoxy) is 1. The van der Waals surface area contributed by atoms with Gasteiger partial charge in [0.15, 0.2) is 0 Å². The molecule has 1 rings (SSSR count). The number of rotatable bonds is 15. The highest BCUT2D eigenvalue weighted by atomic mass is 16.6. The van der Waals surface area contributed by atoms with Crippen LogP contribution in [0, 0.1) is 19.8 Å². The third-order valence-electron chi connectivity index (χ3n) is 6.81. The van der Waals surface area contributed by atoms with Crippen molar-refractivity contribution in [2.75, 3.05) is 13.1 Å². The zero-order valence-electron chi connectivity index (χ0n) is 25.4. The van der Waals surface area contributed by atoms with Crippen LogP contribution in [0.4, 0.5) is 4.79 Å². The van der Waals surface area contributed by atoms with E-state index in [1.165, 1.54) is 0 Å². The number of carbonyl (C=O) groups excluding carboxylic acids is 3. The number of benzene rings is 1. The van der Waals surface area contributed by atoms with Crippen LogP contribution in [0.3, 0.4) is 0 Å². The molecule has 38 heavy (non-hydrogen) atoms. The van der Waals surface area contributed by atoms with Crippen molar-refractivity contribution in [2.24, 2.45) is 5.92 Å². The van der Waals surface area contributed by atoms with Crippen LogP contribution in [0.1, 0.15) is 116 Å². The Kier molecular flexibility index (Phi) is 14.4. The summed E-state index contributed by atoms with van der Waals surface area (Å²) in [5.74, 6) is -0.577. The van der Waals surface area contributed by atoms with Gasteiger partial charge < -0.3 is 20.3 Å². The topological polar surface area (TPSA) is 87.7 Å². The minimum atomic E-state index is -0.808. The van der Waals surface area contributed by atoms with Gasteiger partial charge in [-0.2, -0.15) is 0 Å². The molecule has 0 fully saturated rings. The Morgan fingerprint density at radius 2 is 1.61 bits per heavy atom. The molecular weight excluding hydrogens is 478 g/mol. The molecule has 0 bridgehead atoms.